The minimum Gasteiger partial charge on any atom is -0.416 e. The van der Waals surface area contributed by atoms with E-state index < -0.39 is 24.9 Å². The van der Waals surface area contributed by atoms with Gasteiger partial charge >= 0.3 is 7.60 Å². The van der Waals surface area contributed by atoms with Gasteiger partial charge < -0.3 is 9.05 Å². The molecule has 3 rings (SSSR count). The fourth-order valence-electron chi connectivity index (χ4n) is 2.39. The van der Waals surface area contributed by atoms with Gasteiger partial charge in [0, 0.05) is 0 Å². The normalized spacial score (nSPS) is 12.4. The summed E-state index contributed by atoms with van der Waals surface area (Å²) >= 11 is 0. The Balaban J connectivity index is 1.98. The SMILES string of the molecule is CC(c1ccc(F)c(F)c1)P(=O)(Oc1ccccc1)Oc1ccccc1. The van der Waals surface area contributed by atoms with Crippen LogP contribution in [0.5, 0.6) is 11.5 Å². The quantitative estimate of drug-likeness (QED) is 0.470. The van der Waals surface area contributed by atoms with Gasteiger partial charge in [-0.15, -0.1) is 0 Å². The third kappa shape index (κ3) is 4.12. The molecule has 26 heavy (non-hydrogen) atoms. The first-order valence-corrected chi connectivity index (χ1v) is 9.63. The van der Waals surface area contributed by atoms with E-state index in [0.717, 1.165) is 12.1 Å². The van der Waals surface area contributed by atoms with Crippen LogP contribution < -0.4 is 9.05 Å². The van der Waals surface area contributed by atoms with Crippen LogP contribution >= 0.6 is 7.60 Å². The fourth-order valence-corrected chi connectivity index (χ4v) is 4.10. The predicted molar refractivity (Wildman–Crippen MR) is 96.5 cm³/mol. The van der Waals surface area contributed by atoms with Crippen LogP contribution in [0.15, 0.2) is 78.9 Å². The molecule has 3 aromatic carbocycles. The predicted octanol–water partition coefficient (Wildman–Crippen LogP) is 6.38. The summed E-state index contributed by atoms with van der Waals surface area (Å²) in [5, 5.41) is 0. The highest BCUT2D eigenvalue weighted by molar-refractivity contribution is 7.55. The molecule has 0 aliphatic carbocycles. The van der Waals surface area contributed by atoms with Gasteiger partial charge in [0.05, 0.1) is 0 Å². The Labute approximate surface area is 150 Å². The Kier molecular flexibility index (Phi) is 5.38. The number of hydrogen-bond donors (Lipinski definition) is 0. The van der Waals surface area contributed by atoms with Crippen molar-refractivity contribution in [2.24, 2.45) is 0 Å². The first-order chi connectivity index (χ1) is 12.5. The second-order valence-electron chi connectivity index (χ2n) is 5.70. The molecule has 134 valence electrons. The zero-order valence-corrected chi connectivity index (χ0v) is 14.9. The molecule has 0 radical (unpaired) electrons. The minimum atomic E-state index is -3.80. The van der Waals surface area contributed by atoms with Gasteiger partial charge in [-0.05, 0) is 48.9 Å². The molecule has 0 saturated carbocycles. The zero-order chi connectivity index (χ0) is 18.6. The topological polar surface area (TPSA) is 35.5 Å². The summed E-state index contributed by atoms with van der Waals surface area (Å²) in [6.45, 7) is 1.60. The van der Waals surface area contributed by atoms with Crippen LogP contribution in [0.25, 0.3) is 0 Å². The Morgan fingerprint density at radius 2 is 1.27 bits per heavy atom. The summed E-state index contributed by atoms with van der Waals surface area (Å²) < 4.78 is 51.9. The highest BCUT2D eigenvalue weighted by atomic mass is 31.2. The van der Waals surface area contributed by atoms with E-state index in [4.69, 9.17) is 9.05 Å². The van der Waals surface area contributed by atoms with Crippen molar-refractivity contribution < 1.29 is 22.4 Å². The Morgan fingerprint density at radius 3 is 1.73 bits per heavy atom. The zero-order valence-electron chi connectivity index (χ0n) is 14.0. The monoisotopic (exact) mass is 374 g/mol. The molecule has 0 bridgehead atoms. The van der Waals surface area contributed by atoms with E-state index in [-0.39, 0.29) is 0 Å². The van der Waals surface area contributed by atoms with Gasteiger partial charge in [-0.2, -0.15) is 0 Å². The first kappa shape index (κ1) is 18.2. The Hall–Kier alpha value is -2.65. The van der Waals surface area contributed by atoms with Crippen LogP contribution in [0.3, 0.4) is 0 Å². The van der Waals surface area contributed by atoms with Gasteiger partial charge in [-0.1, -0.05) is 42.5 Å². The van der Waals surface area contributed by atoms with Crippen molar-refractivity contribution in [2.45, 2.75) is 12.6 Å². The van der Waals surface area contributed by atoms with Gasteiger partial charge in [0.15, 0.2) is 11.6 Å². The van der Waals surface area contributed by atoms with Crippen molar-refractivity contribution in [2.75, 3.05) is 0 Å². The molecule has 1 atom stereocenters. The molecule has 1 unspecified atom stereocenters. The highest BCUT2D eigenvalue weighted by Gasteiger charge is 2.37. The summed E-state index contributed by atoms with van der Waals surface area (Å²) in [7, 11) is -3.80. The molecule has 0 heterocycles. The average Bonchev–Trinajstić information content (AvgIpc) is 2.65. The van der Waals surface area contributed by atoms with Crippen LogP contribution in [-0.4, -0.2) is 0 Å². The lowest BCUT2D eigenvalue weighted by Gasteiger charge is -2.25. The summed E-state index contributed by atoms with van der Waals surface area (Å²) in [5.74, 6) is -1.26. The van der Waals surface area contributed by atoms with Gasteiger partial charge in [-0.25, -0.2) is 13.3 Å². The van der Waals surface area contributed by atoms with Gasteiger partial charge in [-0.3, -0.25) is 0 Å². The van der Waals surface area contributed by atoms with E-state index in [1.54, 1.807) is 67.6 Å². The van der Waals surface area contributed by atoms with Crippen molar-refractivity contribution in [3.8, 4) is 11.5 Å². The summed E-state index contributed by atoms with van der Waals surface area (Å²) in [6, 6.07) is 20.5. The maximum Gasteiger partial charge on any atom is 0.437 e. The van der Waals surface area contributed by atoms with Gasteiger partial charge in [0.2, 0.25) is 0 Å². The summed E-state index contributed by atoms with van der Waals surface area (Å²) in [5.41, 5.74) is -0.503. The number of hydrogen-bond acceptors (Lipinski definition) is 3. The molecule has 0 aliphatic heterocycles. The molecular formula is C20H17F2O3P. The van der Waals surface area contributed by atoms with Crippen LogP contribution in [0.2, 0.25) is 0 Å². The van der Waals surface area contributed by atoms with E-state index in [9.17, 15) is 13.3 Å². The summed E-state index contributed by atoms with van der Waals surface area (Å²) in [4.78, 5) is 0. The lowest BCUT2D eigenvalue weighted by atomic mass is 10.1. The van der Waals surface area contributed by atoms with Crippen molar-refractivity contribution >= 4 is 7.60 Å². The number of para-hydroxylation sites is 2. The Morgan fingerprint density at radius 1 is 0.769 bits per heavy atom. The molecule has 0 amide bonds. The average molecular weight is 374 g/mol. The molecule has 3 aromatic rings. The fraction of sp³-hybridized carbons (Fsp3) is 0.100. The van der Waals surface area contributed by atoms with Crippen molar-refractivity contribution in [1.82, 2.24) is 0 Å². The molecule has 0 aromatic heterocycles. The smallest absolute Gasteiger partial charge is 0.416 e. The van der Waals surface area contributed by atoms with E-state index in [1.807, 2.05) is 0 Å². The molecule has 3 nitrogen and oxygen atoms in total. The van der Waals surface area contributed by atoms with Crippen LogP contribution in [0, 0.1) is 11.6 Å². The second-order valence-corrected chi connectivity index (χ2v) is 7.92. The van der Waals surface area contributed by atoms with E-state index in [0.29, 0.717) is 17.1 Å². The van der Waals surface area contributed by atoms with Gasteiger partial charge in [0.25, 0.3) is 0 Å². The van der Waals surface area contributed by atoms with Crippen molar-refractivity contribution in [1.29, 1.82) is 0 Å². The first-order valence-electron chi connectivity index (χ1n) is 8.02. The molecule has 0 fully saturated rings. The molecule has 0 N–H and O–H groups in total. The highest BCUT2D eigenvalue weighted by Crippen LogP contribution is 2.60. The standard InChI is InChI=1S/C20H17F2O3P/c1-15(16-12-13-19(21)20(22)14-16)26(23,24-17-8-4-2-5-9-17)25-18-10-6-3-7-11-18/h2-15H,1H3. The molecule has 0 spiro atoms. The lowest BCUT2D eigenvalue weighted by Crippen LogP contribution is -2.09. The molecule has 0 aliphatic rings. The lowest BCUT2D eigenvalue weighted by molar-refractivity contribution is 0.375. The van der Waals surface area contributed by atoms with Crippen molar-refractivity contribution in [3.05, 3.63) is 96.1 Å². The molecule has 0 saturated heterocycles. The largest absolute Gasteiger partial charge is 0.437 e. The maximum absolute atomic E-state index is 13.6. The Bertz CT molecular complexity index is 871. The number of rotatable bonds is 6. The van der Waals surface area contributed by atoms with Gasteiger partial charge in [0.1, 0.15) is 17.2 Å². The molecular weight excluding hydrogens is 357 g/mol. The van der Waals surface area contributed by atoms with Crippen LogP contribution in [0.1, 0.15) is 18.1 Å². The van der Waals surface area contributed by atoms with Crippen LogP contribution in [0.4, 0.5) is 8.78 Å². The second kappa shape index (κ2) is 7.71. The molecule has 6 heteroatoms. The maximum atomic E-state index is 13.6. The summed E-state index contributed by atoms with van der Waals surface area (Å²) in [6.07, 6.45) is 0. The van der Waals surface area contributed by atoms with E-state index in [2.05, 4.69) is 0 Å². The number of benzene rings is 3. The number of halogens is 2. The third-order valence-electron chi connectivity index (χ3n) is 3.85. The van der Waals surface area contributed by atoms with E-state index >= 15 is 0 Å². The van der Waals surface area contributed by atoms with E-state index in [1.165, 1.54) is 6.07 Å². The van der Waals surface area contributed by atoms with Crippen molar-refractivity contribution in [3.63, 3.8) is 0 Å². The van der Waals surface area contributed by atoms with Crippen LogP contribution in [-0.2, 0) is 4.57 Å². The third-order valence-corrected chi connectivity index (χ3v) is 6.03. The minimum absolute atomic E-state index is 0.319.